The van der Waals surface area contributed by atoms with Crippen molar-refractivity contribution >= 4 is 40.2 Å². The Balaban J connectivity index is 1.75. The summed E-state index contributed by atoms with van der Waals surface area (Å²) >= 11 is 8.00. The highest BCUT2D eigenvalue weighted by Gasteiger charge is 2.43. The van der Waals surface area contributed by atoms with E-state index in [0.29, 0.717) is 5.15 Å². The molecule has 1 heterocycles. The fraction of sp³-hybridized carbons (Fsp3) is 0.176. The number of halogens is 2. The van der Waals surface area contributed by atoms with Crippen molar-refractivity contribution in [2.24, 2.45) is 5.92 Å². The van der Waals surface area contributed by atoms with Gasteiger partial charge in [-0.05, 0) is 64.8 Å². The minimum Gasteiger partial charge on any atom is -0.481 e. The predicted molar refractivity (Wildman–Crippen MR) is 92.9 cm³/mol. The smallest absolute Gasteiger partial charge is 0.307 e. The van der Waals surface area contributed by atoms with Crippen molar-refractivity contribution in [1.82, 2.24) is 4.98 Å². The lowest BCUT2D eigenvalue weighted by Gasteiger charge is -1.98. The maximum atomic E-state index is 10.9. The molecule has 3 rings (SSSR count). The van der Waals surface area contributed by atoms with E-state index < -0.39 is 5.97 Å². The Hall–Kier alpha value is -1.58. The van der Waals surface area contributed by atoms with Crippen LogP contribution in [0.25, 0.3) is 0 Å². The van der Waals surface area contributed by atoms with E-state index in [1.807, 2.05) is 30.3 Å². The molecule has 1 aliphatic rings. The molecule has 0 amide bonds. The third-order valence-corrected chi connectivity index (χ3v) is 4.31. The maximum Gasteiger partial charge on any atom is 0.307 e. The molecule has 0 saturated heterocycles. The van der Waals surface area contributed by atoms with Crippen LogP contribution in [0.4, 0.5) is 0 Å². The molecular formula is C17H11ClINO2. The summed E-state index contributed by atoms with van der Waals surface area (Å²) in [5.74, 6) is 5.36. The molecule has 5 heteroatoms. The molecule has 0 radical (unpaired) electrons. The van der Waals surface area contributed by atoms with Crippen molar-refractivity contribution in [3.05, 3.63) is 61.9 Å². The van der Waals surface area contributed by atoms with Crippen molar-refractivity contribution in [2.45, 2.75) is 12.3 Å². The van der Waals surface area contributed by atoms with E-state index in [-0.39, 0.29) is 11.8 Å². The number of hydrogen-bond acceptors (Lipinski definition) is 2. The van der Waals surface area contributed by atoms with Crippen molar-refractivity contribution in [3.8, 4) is 11.8 Å². The van der Waals surface area contributed by atoms with Gasteiger partial charge in [0.05, 0.1) is 5.92 Å². The number of aliphatic carboxylic acids is 1. The summed E-state index contributed by atoms with van der Waals surface area (Å²) in [6.45, 7) is 0. The van der Waals surface area contributed by atoms with Gasteiger partial charge in [0.25, 0.3) is 0 Å². The zero-order valence-electron chi connectivity index (χ0n) is 11.4. The maximum absolute atomic E-state index is 10.9. The molecule has 3 nitrogen and oxygen atoms in total. The first-order valence-corrected chi connectivity index (χ1v) is 8.16. The zero-order chi connectivity index (χ0) is 15.7. The largest absolute Gasteiger partial charge is 0.481 e. The van der Waals surface area contributed by atoms with Crippen LogP contribution in [0.2, 0.25) is 5.15 Å². The second-order valence-corrected chi connectivity index (χ2v) is 6.65. The summed E-state index contributed by atoms with van der Waals surface area (Å²) < 4.78 is 0.804. The van der Waals surface area contributed by atoms with Crippen molar-refractivity contribution in [3.63, 3.8) is 0 Å². The van der Waals surface area contributed by atoms with Crippen LogP contribution in [0.15, 0.2) is 36.4 Å². The minimum atomic E-state index is -0.710. The second-order valence-electron chi connectivity index (χ2n) is 5.16. The molecule has 0 bridgehead atoms. The van der Waals surface area contributed by atoms with Crippen LogP contribution in [0, 0.1) is 21.5 Å². The molecule has 1 aromatic carbocycles. The number of hydrogen-bond donors (Lipinski definition) is 1. The van der Waals surface area contributed by atoms with Gasteiger partial charge in [-0.15, -0.1) is 0 Å². The van der Waals surface area contributed by atoms with E-state index in [1.54, 1.807) is 6.07 Å². The first-order valence-electron chi connectivity index (χ1n) is 6.71. The number of aromatic nitrogens is 1. The monoisotopic (exact) mass is 423 g/mol. The average molecular weight is 424 g/mol. The van der Waals surface area contributed by atoms with Gasteiger partial charge in [-0.2, -0.15) is 0 Å². The highest BCUT2D eigenvalue weighted by Crippen LogP contribution is 2.47. The molecule has 2 unspecified atom stereocenters. The number of rotatable bonds is 2. The molecule has 1 fully saturated rings. The van der Waals surface area contributed by atoms with Gasteiger partial charge in [-0.1, -0.05) is 35.6 Å². The van der Waals surface area contributed by atoms with Crippen LogP contribution in [-0.4, -0.2) is 16.1 Å². The number of nitrogens with zero attached hydrogens (tertiary/aromatic N) is 1. The number of carboxylic acids is 1. The lowest BCUT2D eigenvalue weighted by atomic mass is 10.1. The van der Waals surface area contributed by atoms with Crippen LogP contribution in [0.5, 0.6) is 0 Å². The highest BCUT2D eigenvalue weighted by molar-refractivity contribution is 14.1. The van der Waals surface area contributed by atoms with E-state index >= 15 is 0 Å². The first-order chi connectivity index (χ1) is 10.5. The Morgan fingerprint density at radius 2 is 1.91 bits per heavy atom. The molecule has 1 N–H and O–H groups in total. The van der Waals surface area contributed by atoms with Gasteiger partial charge in [0.2, 0.25) is 0 Å². The normalized spacial score (nSPS) is 19.2. The van der Waals surface area contributed by atoms with Gasteiger partial charge < -0.3 is 5.11 Å². The fourth-order valence-corrected chi connectivity index (χ4v) is 3.28. The topological polar surface area (TPSA) is 50.2 Å². The molecule has 2 atom stereocenters. The van der Waals surface area contributed by atoms with Crippen LogP contribution in [-0.2, 0) is 4.79 Å². The summed E-state index contributed by atoms with van der Waals surface area (Å²) in [6, 6.07) is 11.4. The molecule has 1 aliphatic carbocycles. The number of carboxylic acid groups (broad SMARTS) is 1. The molecule has 1 saturated carbocycles. The number of benzene rings is 1. The molecule has 22 heavy (non-hydrogen) atoms. The third kappa shape index (κ3) is 3.60. The van der Waals surface area contributed by atoms with E-state index in [1.165, 1.54) is 0 Å². The summed E-state index contributed by atoms with van der Waals surface area (Å²) in [5, 5.41) is 9.39. The molecule has 2 aromatic rings. The SMILES string of the molecule is O=C(O)C1CC1c1ccc(C#Cc2cc(Cl)nc(I)c2)cc1. The van der Waals surface area contributed by atoms with Gasteiger partial charge in [0, 0.05) is 11.1 Å². The van der Waals surface area contributed by atoms with Crippen LogP contribution < -0.4 is 0 Å². The van der Waals surface area contributed by atoms with E-state index in [4.69, 9.17) is 16.7 Å². The van der Waals surface area contributed by atoms with Crippen molar-refractivity contribution < 1.29 is 9.90 Å². The Labute approximate surface area is 146 Å². The Kier molecular flexibility index (Phi) is 4.37. The first kappa shape index (κ1) is 15.3. The van der Waals surface area contributed by atoms with Crippen LogP contribution in [0.3, 0.4) is 0 Å². The van der Waals surface area contributed by atoms with Crippen molar-refractivity contribution in [2.75, 3.05) is 0 Å². The Morgan fingerprint density at radius 3 is 2.50 bits per heavy atom. The molecule has 1 aromatic heterocycles. The summed E-state index contributed by atoms with van der Waals surface area (Å²) in [7, 11) is 0. The number of carbonyl (C=O) groups is 1. The molecule has 0 spiro atoms. The molecular weight excluding hydrogens is 413 g/mol. The summed E-state index contributed by atoms with van der Waals surface area (Å²) in [4.78, 5) is 15.0. The Bertz CT molecular complexity index is 772. The van der Waals surface area contributed by atoms with Crippen molar-refractivity contribution in [1.29, 1.82) is 0 Å². The van der Waals surface area contributed by atoms with Gasteiger partial charge in [0.15, 0.2) is 0 Å². The van der Waals surface area contributed by atoms with E-state index in [2.05, 4.69) is 39.4 Å². The molecule has 110 valence electrons. The lowest BCUT2D eigenvalue weighted by molar-refractivity contribution is -0.138. The van der Waals surface area contributed by atoms with Gasteiger partial charge in [-0.25, -0.2) is 4.98 Å². The van der Waals surface area contributed by atoms with Crippen LogP contribution >= 0.6 is 34.2 Å². The van der Waals surface area contributed by atoms with E-state index in [0.717, 1.165) is 26.8 Å². The second kappa shape index (κ2) is 6.27. The van der Waals surface area contributed by atoms with Gasteiger partial charge >= 0.3 is 5.97 Å². The predicted octanol–water partition coefficient (Wildman–Crippen LogP) is 3.93. The summed E-state index contributed by atoms with van der Waals surface area (Å²) in [6.07, 6.45) is 0.730. The standard InChI is InChI=1S/C17H11ClINO2/c18-15-7-11(8-16(19)20-15)2-1-10-3-5-12(6-4-10)13-9-14(13)17(21)22/h3-8,13-14H,9H2,(H,21,22). The van der Waals surface area contributed by atoms with Crippen LogP contribution in [0.1, 0.15) is 29.0 Å². The lowest BCUT2D eigenvalue weighted by Crippen LogP contribution is -1.98. The number of pyridine rings is 1. The fourth-order valence-electron chi connectivity index (χ4n) is 2.33. The Morgan fingerprint density at radius 1 is 1.23 bits per heavy atom. The zero-order valence-corrected chi connectivity index (χ0v) is 14.3. The summed E-state index contributed by atoms with van der Waals surface area (Å²) in [5.41, 5.74) is 2.78. The molecule has 0 aliphatic heterocycles. The van der Waals surface area contributed by atoms with E-state index in [9.17, 15) is 4.79 Å². The van der Waals surface area contributed by atoms with Gasteiger partial charge in [0.1, 0.15) is 8.85 Å². The van der Waals surface area contributed by atoms with Gasteiger partial charge in [-0.3, -0.25) is 4.79 Å². The third-order valence-electron chi connectivity index (χ3n) is 3.56. The minimum absolute atomic E-state index is 0.153. The quantitative estimate of drug-likeness (QED) is 0.452. The highest BCUT2D eigenvalue weighted by atomic mass is 127. The average Bonchev–Trinajstić information content (AvgIpc) is 3.25.